The Balaban J connectivity index is 1.58. The maximum absolute atomic E-state index is 13.7. The van der Waals surface area contributed by atoms with E-state index in [-0.39, 0.29) is 12.3 Å². The van der Waals surface area contributed by atoms with Crippen molar-refractivity contribution in [3.05, 3.63) is 71.4 Å². The molecule has 0 fully saturated rings. The van der Waals surface area contributed by atoms with E-state index in [1.807, 2.05) is 75.9 Å². The number of para-hydroxylation sites is 1. The quantitative estimate of drug-likeness (QED) is 0.367. The van der Waals surface area contributed by atoms with Gasteiger partial charge in [0.05, 0.1) is 39.6 Å². The summed E-state index contributed by atoms with van der Waals surface area (Å²) in [6.07, 6.45) is 2.32. The number of carboxylic acids is 1. The van der Waals surface area contributed by atoms with E-state index >= 15 is 0 Å². The Kier molecular flexibility index (Phi) is 7.17. The molecule has 2 aromatic carbocycles. The number of fused-ring (bicyclic) bond motifs is 2. The van der Waals surface area contributed by atoms with Gasteiger partial charge in [0.25, 0.3) is 0 Å². The fraction of sp³-hybridized carbons (Fsp3) is 0.393. The third-order valence-corrected chi connectivity index (χ3v) is 6.94. The first-order valence-corrected chi connectivity index (χ1v) is 12.3. The number of rotatable bonds is 10. The van der Waals surface area contributed by atoms with Crippen molar-refractivity contribution in [1.82, 2.24) is 15.6 Å². The van der Waals surface area contributed by atoms with E-state index in [2.05, 4.69) is 15.6 Å². The van der Waals surface area contributed by atoms with Crippen LogP contribution in [0.4, 0.5) is 0 Å². The minimum atomic E-state index is -1.28. The third-order valence-electron chi connectivity index (χ3n) is 6.94. The van der Waals surface area contributed by atoms with Gasteiger partial charge in [-0.05, 0) is 35.6 Å². The van der Waals surface area contributed by atoms with E-state index in [0.717, 1.165) is 34.1 Å². The number of aromatic amines is 1. The Morgan fingerprint density at radius 1 is 1.03 bits per heavy atom. The number of nitrogens with zero attached hydrogens (tertiary/aromatic N) is 1. The van der Waals surface area contributed by atoms with Crippen LogP contribution in [0.3, 0.4) is 0 Å². The van der Waals surface area contributed by atoms with Crippen LogP contribution in [0.2, 0.25) is 0 Å². The number of likely N-dealkylation sites (N-methyl/N-ethyl adjacent to an activating group) is 1. The number of carbonyl (C=O) groups excluding carboxylic acids is 3. The second kappa shape index (κ2) is 10.1. The monoisotopic (exact) mass is 490 g/mol. The zero-order valence-electron chi connectivity index (χ0n) is 21.1. The van der Waals surface area contributed by atoms with E-state index in [9.17, 15) is 19.5 Å². The van der Waals surface area contributed by atoms with Gasteiger partial charge in [-0.15, -0.1) is 0 Å². The normalized spacial score (nSPS) is 15.3. The van der Waals surface area contributed by atoms with Crippen molar-refractivity contribution in [2.75, 3.05) is 34.2 Å². The van der Waals surface area contributed by atoms with E-state index in [0.29, 0.717) is 23.9 Å². The lowest BCUT2D eigenvalue weighted by Gasteiger charge is -2.31. The highest BCUT2D eigenvalue weighted by molar-refractivity contribution is 5.93. The number of amides is 2. The van der Waals surface area contributed by atoms with Gasteiger partial charge in [0.1, 0.15) is 6.04 Å². The Morgan fingerprint density at radius 3 is 2.31 bits per heavy atom. The molecule has 0 bridgehead atoms. The molecule has 1 atom stereocenters. The van der Waals surface area contributed by atoms with Crippen molar-refractivity contribution in [1.29, 1.82) is 0 Å². The van der Waals surface area contributed by atoms with Crippen molar-refractivity contribution >= 4 is 28.7 Å². The van der Waals surface area contributed by atoms with Gasteiger partial charge in [0, 0.05) is 35.9 Å². The average Bonchev–Trinajstić information content (AvgIpc) is 3.39. The molecule has 1 heterocycles. The number of hydrogen-bond acceptors (Lipinski definition) is 4. The summed E-state index contributed by atoms with van der Waals surface area (Å²) in [4.78, 5) is 41.9. The molecule has 1 unspecified atom stereocenters. The summed E-state index contributed by atoms with van der Waals surface area (Å²) in [5.74, 6) is -2.01. The number of hydrogen-bond donors (Lipinski definition) is 3. The number of carbonyl (C=O) groups is 3. The molecule has 3 N–H and O–H groups in total. The van der Waals surface area contributed by atoms with Gasteiger partial charge < -0.3 is 30.0 Å². The molecule has 0 saturated carbocycles. The lowest BCUT2D eigenvalue weighted by molar-refractivity contribution is -0.869. The summed E-state index contributed by atoms with van der Waals surface area (Å²) in [5.41, 5.74) is 2.57. The van der Waals surface area contributed by atoms with Gasteiger partial charge in [-0.2, -0.15) is 0 Å². The van der Waals surface area contributed by atoms with Gasteiger partial charge >= 0.3 is 0 Å². The van der Waals surface area contributed by atoms with Crippen molar-refractivity contribution in [2.45, 2.75) is 31.7 Å². The minimum absolute atomic E-state index is 0.278. The Labute approximate surface area is 211 Å². The lowest BCUT2D eigenvalue weighted by atomic mass is 9.80. The number of aliphatic carboxylic acids is 1. The van der Waals surface area contributed by atoms with Crippen LogP contribution in [0.1, 0.15) is 23.1 Å². The molecule has 1 aromatic heterocycles. The van der Waals surface area contributed by atoms with Crippen LogP contribution in [0, 0.1) is 5.41 Å². The molecule has 1 aliphatic rings. The molecule has 36 heavy (non-hydrogen) atoms. The second-order valence-corrected chi connectivity index (χ2v) is 10.8. The Bertz CT molecular complexity index is 1250. The maximum atomic E-state index is 13.7. The molecule has 0 aliphatic heterocycles. The summed E-state index contributed by atoms with van der Waals surface area (Å²) in [5, 5.41) is 18.6. The molecule has 1 aliphatic carbocycles. The van der Waals surface area contributed by atoms with E-state index < -0.39 is 29.8 Å². The zero-order chi connectivity index (χ0) is 25.9. The molecule has 0 spiro atoms. The lowest BCUT2D eigenvalue weighted by Crippen LogP contribution is -2.55. The first kappa shape index (κ1) is 25.4. The first-order valence-electron chi connectivity index (χ1n) is 12.3. The number of benzene rings is 2. The molecular weight excluding hydrogens is 456 g/mol. The molecular formula is C28H34N4O4. The van der Waals surface area contributed by atoms with Crippen molar-refractivity contribution in [3.63, 3.8) is 0 Å². The molecule has 0 radical (unpaired) electrons. The standard InChI is InChI=1S/C28H34N4O4/c1-32(2,3)13-12-29-26(35)24(14-21-18-30-23-11-7-6-10-22(21)23)31-27(36)28(17-25(33)34)15-19-8-4-5-9-20(19)16-28/h4-11,18,24,30H,12-17H2,1-3H3,(H2-,29,31,33,34,35,36). The van der Waals surface area contributed by atoms with Gasteiger partial charge in [-0.1, -0.05) is 42.5 Å². The van der Waals surface area contributed by atoms with Crippen LogP contribution >= 0.6 is 0 Å². The molecule has 4 rings (SSSR count). The summed E-state index contributed by atoms with van der Waals surface area (Å²) in [6.45, 7) is 1.18. The SMILES string of the molecule is C[N+](C)(C)CCNC(=O)C(Cc1c[nH]c2ccccc12)NC(=O)C1(CC(=O)[O-])Cc2ccccc2C1. The maximum Gasteiger partial charge on any atom is 0.243 e. The smallest absolute Gasteiger partial charge is 0.243 e. The third kappa shape index (κ3) is 5.76. The highest BCUT2D eigenvalue weighted by atomic mass is 16.4. The van der Waals surface area contributed by atoms with Crippen LogP contribution < -0.4 is 15.7 Å². The Morgan fingerprint density at radius 2 is 1.67 bits per heavy atom. The van der Waals surface area contributed by atoms with Crippen molar-refractivity contribution < 1.29 is 24.0 Å². The van der Waals surface area contributed by atoms with Crippen LogP contribution in [0.5, 0.6) is 0 Å². The van der Waals surface area contributed by atoms with E-state index in [1.54, 1.807) is 0 Å². The molecule has 2 amide bonds. The van der Waals surface area contributed by atoms with Gasteiger partial charge in [0.2, 0.25) is 11.8 Å². The number of H-pyrrole nitrogens is 1. The number of quaternary nitrogens is 1. The summed E-state index contributed by atoms with van der Waals surface area (Å²) in [7, 11) is 6.12. The minimum Gasteiger partial charge on any atom is -0.550 e. The fourth-order valence-corrected chi connectivity index (χ4v) is 5.01. The van der Waals surface area contributed by atoms with Gasteiger partial charge in [-0.3, -0.25) is 9.59 Å². The summed E-state index contributed by atoms with van der Waals surface area (Å²) in [6, 6.07) is 14.5. The van der Waals surface area contributed by atoms with Crippen LogP contribution in [0.15, 0.2) is 54.7 Å². The largest absolute Gasteiger partial charge is 0.550 e. The predicted molar refractivity (Wildman–Crippen MR) is 136 cm³/mol. The topological polar surface area (TPSA) is 114 Å². The number of carboxylic acid groups (broad SMARTS) is 1. The highest BCUT2D eigenvalue weighted by Gasteiger charge is 2.45. The molecule has 190 valence electrons. The van der Waals surface area contributed by atoms with Gasteiger partial charge in [-0.25, -0.2) is 0 Å². The molecule has 0 saturated heterocycles. The van der Waals surface area contributed by atoms with E-state index in [4.69, 9.17) is 0 Å². The fourth-order valence-electron chi connectivity index (χ4n) is 5.01. The molecule has 8 nitrogen and oxygen atoms in total. The zero-order valence-corrected chi connectivity index (χ0v) is 21.1. The predicted octanol–water partition coefficient (Wildman–Crippen LogP) is 0.943. The highest BCUT2D eigenvalue weighted by Crippen LogP contribution is 2.40. The second-order valence-electron chi connectivity index (χ2n) is 10.8. The van der Waals surface area contributed by atoms with Gasteiger partial charge in [0.15, 0.2) is 0 Å². The molecule has 3 aromatic rings. The molecule has 8 heteroatoms. The van der Waals surface area contributed by atoms with Crippen LogP contribution in [-0.2, 0) is 33.6 Å². The van der Waals surface area contributed by atoms with E-state index in [1.165, 1.54) is 0 Å². The first-order chi connectivity index (χ1) is 17.1. The van der Waals surface area contributed by atoms with Crippen LogP contribution in [-0.4, -0.2) is 67.5 Å². The van der Waals surface area contributed by atoms with Crippen molar-refractivity contribution in [2.24, 2.45) is 5.41 Å². The van der Waals surface area contributed by atoms with Crippen molar-refractivity contribution in [3.8, 4) is 0 Å². The number of nitrogens with one attached hydrogen (secondary N) is 3. The number of aromatic nitrogens is 1. The Hall–Kier alpha value is -3.65. The average molecular weight is 491 g/mol. The summed E-state index contributed by atoms with van der Waals surface area (Å²) < 4.78 is 0.687. The summed E-state index contributed by atoms with van der Waals surface area (Å²) >= 11 is 0. The van der Waals surface area contributed by atoms with Crippen LogP contribution in [0.25, 0.3) is 10.9 Å².